The van der Waals surface area contributed by atoms with E-state index in [0.29, 0.717) is 38.1 Å². The minimum absolute atomic E-state index is 0.0886. The summed E-state index contributed by atoms with van der Waals surface area (Å²) in [6.07, 6.45) is -2.32. The van der Waals surface area contributed by atoms with Gasteiger partial charge in [0.2, 0.25) is 11.8 Å². The molecule has 5 rings (SSSR count). The average molecular weight is 504 g/mol. The van der Waals surface area contributed by atoms with Gasteiger partial charge >= 0.3 is 0 Å². The van der Waals surface area contributed by atoms with Crippen LogP contribution in [0.3, 0.4) is 0 Å². The molecule has 2 aliphatic heterocycles. The van der Waals surface area contributed by atoms with E-state index in [1.54, 1.807) is 4.90 Å². The molecule has 11 heteroatoms. The van der Waals surface area contributed by atoms with E-state index < -0.39 is 29.7 Å². The van der Waals surface area contributed by atoms with Crippen LogP contribution in [0.15, 0.2) is 30.3 Å². The van der Waals surface area contributed by atoms with Crippen LogP contribution in [0.4, 0.5) is 23.2 Å². The lowest BCUT2D eigenvalue weighted by atomic mass is 10.1. The third-order valence-corrected chi connectivity index (χ3v) is 6.63. The van der Waals surface area contributed by atoms with Crippen LogP contribution in [-0.4, -0.2) is 58.6 Å². The Hall–Kier alpha value is -3.47. The highest BCUT2D eigenvalue weighted by molar-refractivity contribution is 5.95. The third-order valence-electron chi connectivity index (χ3n) is 6.63. The van der Waals surface area contributed by atoms with E-state index in [-0.39, 0.29) is 47.5 Å². The number of aromatic nitrogens is 2. The molecular formula is C25H24F4N4O3. The lowest BCUT2D eigenvalue weighted by Crippen LogP contribution is -2.46. The zero-order valence-corrected chi connectivity index (χ0v) is 19.5. The maximum atomic E-state index is 15.4. The van der Waals surface area contributed by atoms with E-state index >= 15 is 8.78 Å². The number of alkyl halides is 2. The minimum atomic E-state index is -2.74. The number of hydrogen-bond acceptors (Lipinski definition) is 4. The number of nitrogens with zero attached hydrogens (tertiary/aromatic N) is 4. The highest BCUT2D eigenvalue weighted by Crippen LogP contribution is 2.35. The van der Waals surface area contributed by atoms with Gasteiger partial charge in [-0.05, 0) is 30.7 Å². The topological polar surface area (TPSA) is 67.7 Å². The van der Waals surface area contributed by atoms with Gasteiger partial charge in [0.05, 0.1) is 35.9 Å². The molecule has 3 aromatic rings. The first-order valence-electron chi connectivity index (χ1n) is 11.7. The normalized spacial score (nSPS) is 18.6. The zero-order chi connectivity index (χ0) is 25.6. The highest BCUT2D eigenvalue weighted by atomic mass is 19.3. The molecule has 0 spiro atoms. The Morgan fingerprint density at radius 3 is 2.56 bits per heavy atom. The van der Waals surface area contributed by atoms with Crippen molar-refractivity contribution in [3.63, 3.8) is 0 Å². The quantitative estimate of drug-likeness (QED) is 0.487. The molecule has 1 unspecified atom stereocenters. The summed E-state index contributed by atoms with van der Waals surface area (Å²) in [5, 5.41) is 0. The Balaban J connectivity index is 1.60. The van der Waals surface area contributed by atoms with E-state index in [9.17, 15) is 18.4 Å². The summed E-state index contributed by atoms with van der Waals surface area (Å²) in [5.41, 5.74) is -0.0274. The van der Waals surface area contributed by atoms with Crippen molar-refractivity contribution in [2.75, 3.05) is 31.1 Å². The summed E-state index contributed by atoms with van der Waals surface area (Å²) in [7, 11) is 0. The molecule has 1 atom stereocenters. The van der Waals surface area contributed by atoms with Crippen LogP contribution in [0.5, 0.6) is 0 Å². The molecule has 2 fully saturated rings. The van der Waals surface area contributed by atoms with Crippen molar-refractivity contribution in [3.05, 3.63) is 47.5 Å². The van der Waals surface area contributed by atoms with Crippen LogP contribution in [0.1, 0.15) is 31.8 Å². The molecule has 2 aromatic carbocycles. The number of halogens is 4. The summed E-state index contributed by atoms with van der Waals surface area (Å²) < 4.78 is 64.8. The molecular weight excluding hydrogens is 480 g/mol. The second-order valence-electron chi connectivity index (χ2n) is 8.99. The number of ether oxygens (including phenoxy) is 1. The van der Waals surface area contributed by atoms with Crippen LogP contribution >= 0.6 is 0 Å². The molecule has 0 bridgehead atoms. The van der Waals surface area contributed by atoms with E-state index in [4.69, 9.17) is 4.74 Å². The van der Waals surface area contributed by atoms with Gasteiger partial charge in [-0.2, -0.15) is 0 Å². The van der Waals surface area contributed by atoms with Gasteiger partial charge in [-0.3, -0.25) is 9.59 Å². The Labute approximate surface area is 204 Å². The summed E-state index contributed by atoms with van der Waals surface area (Å²) in [6.45, 7) is 2.91. The largest absolute Gasteiger partial charge is 0.373 e. The number of morpholine rings is 1. The molecule has 36 heavy (non-hydrogen) atoms. The van der Waals surface area contributed by atoms with E-state index in [1.807, 2.05) is 0 Å². The van der Waals surface area contributed by atoms with Crippen LogP contribution in [0, 0.1) is 11.6 Å². The molecule has 1 aromatic heterocycles. The van der Waals surface area contributed by atoms with Crippen molar-refractivity contribution >= 4 is 28.5 Å². The van der Waals surface area contributed by atoms with Crippen molar-refractivity contribution in [2.24, 2.45) is 0 Å². The predicted molar refractivity (Wildman–Crippen MR) is 124 cm³/mol. The van der Waals surface area contributed by atoms with Gasteiger partial charge in [0.25, 0.3) is 6.43 Å². The van der Waals surface area contributed by atoms with Gasteiger partial charge in [-0.1, -0.05) is 6.07 Å². The molecule has 2 aliphatic rings. The second kappa shape index (κ2) is 9.53. The van der Waals surface area contributed by atoms with E-state index in [0.717, 1.165) is 12.1 Å². The summed E-state index contributed by atoms with van der Waals surface area (Å²) in [4.78, 5) is 31.2. The third kappa shape index (κ3) is 4.43. The number of fused-ring (bicyclic) bond motifs is 1. The molecule has 0 aliphatic carbocycles. The molecule has 0 saturated carbocycles. The predicted octanol–water partition coefficient (Wildman–Crippen LogP) is 4.29. The van der Waals surface area contributed by atoms with Gasteiger partial charge in [0.15, 0.2) is 0 Å². The van der Waals surface area contributed by atoms with Crippen molar-refractivity contribution < 1.29 is 31.9 Å². The number of anilines is 1. The standard InChI is InChI=1S/C25H24F4N4O3/c1-14(34)31-7-8-36-17(12-31)13-33-21-5-4-15(24(28)29)9-20(21)30-25(33)23-18(26)10-16(11-19(23)27)32-6-2-3-22(32)35/h4-5,9-11,17,24H,2-3,6-8,12-13H2,1H3. The fourth-order valence-corrected chi connectivity index (χ4v) is 4.83. The summed E-state index contributed by atoms with van der Waals surface area (Å²) >= 11 is 0. The smallest absolute Gasteiger partial charge is 0.263 e. The van der Waals surface area contributed by atoms with Crippen molar-refractivity contribution in [2.45, 2.75) is 38.8 Å². The number of imidazole rings is 1. The molecule has 0 N–H and O–H groups in total. The maximum Gasteiger partial charge on any atom is 0.263 e. The van der Waals surface area contributed by atoms with Crippen LogP contribution in [0.2, 0.25) is 0 Å². The van der Waals surface area contributed by atoms with Gasteiger partial charge < -0.3 is 19.1 Å². The van der Waals surface area contributed by atoms with E-state index in [1.165, 1.54) is 34.6 Å². The second-order valence-corrected chi connectivity index (χ2v) is 8.99. The fraction of sp³-hybridized carbons (Fsp3) is 0.400. The highest BCUT2D eigenvalue weighted by Gasteiger charge is 2.29. The number of rotatable bonds is 5. The van der Waals surface area contributed by atoms with Crippen LogP contribution in [-0.2, 0) is 20.9 Å². The first-order valence-corrected chi connectivity index (χ1v) is 11.7. The lowest BCUT2D eigenvalue weighted by Gasteiger charge is -2.32. The zero-order valence-electron chi connectivity index (χ0n) is 19.5. The Bertz CT molecular complexity index is 1320. The summed E-state index contributed by atoms with van der Waals surface area (Å²) in [5.74, 6) is -2.27. The van der Waals surface area contributed by atoms with Gasteiger partial charge in [-0.25, -0.2) is 22.5 Å². The summed E-state index contributed by atoms with van der Waals surface area (Å²) in [6, 6.07) is 6.05. The van der Waals surface area contributed by atoms with Crippen LogP contribution in [0.25, 0.3) is 22.4 Å². The van der Waals surface area contributed by atoms with Crippen molar-refractivity contribution in [1.29, 1.82) is 0 Å². The molecule has 7 nitrogen and oxygen atoms in total. The monoisotopic (exact) mass is 504 g/mol. The number of carbonyl (C=O) groups is 2. The molecule has 190 valence electrons. The first-order chi connectivity index (χ1) is 17.2. The number of carbonyl (C=O) groups excluding carboxylic acids is 2. The number of hydrogen-bond donors (Lipinski definition) is 0. The first kappa shape index (κ1) is 24.2. The van der Waals surface area contributed by atoms with Gasteiger partial charge in [-0.15, -0.1) is 0 Å². The number of amides is 2. The van der Waals surface area contributed by atoms with E-state index in [2.05, 4.69) is 4.98 Å². The number of benzene rings is 2. The Morgan fingerprint density at radius 2 is 1.92 bits per heavy atom. The Kier molecular flexibility index (Phi) is 6.42. The maximum absolute atomic E-state index is 15.4. The molecule has 0 radical (unpaired) electrons. The molecule has 2 amide bonds. The minimum Gasteiger partial charge on any atom is -0.373 e. The molecule has 3 heterocycles. The van der Waals surface area contributed by atoms with Gasteiger partial charge in [0, 0.05) is 44.2 Å². The Morgan fingerprint density at radius 1 is 1.17 bits per heavy atom. The molecule has 2 saturated heterocycles. The van der Waals surface area contributed by atoms with Crippen molar-refractivity contribution in [3.8, 4) is 11.4 Å². The van der Waals surface area contributed by atoms with Gasteiger partial charge in [0.1, 0.15) is 17.5 Å². The van der Waals surface area contributed by atoms with Crippen LogP contribution < -0.4 is 4.90 Å². The average Bonchev–Trinajstić information content (AvgIpc) is 3.42. The lowest BCUT2D eigenvalue weighted by molar-refractivity contribution is -0.136. The van der Waals surface area contributed by atoms with Crippen molar-refractivity contribution in [1.82, 2.24) is 14.5 Å². The SMILES string of the molecule is CC(=O)N1CCOC(Cn2c(-c3c(F)cc(N4CCCC4=O)cc3F)nc3cc(C(F)F)ccc32)C1. The fourth-order valence-electron chi connectivity index (χ4n) is 4.83.